The van der Waals surface area contributed by atoms with Gasteiger partial charge in [0.25, 0.3) is 0 Å². The monoisotopic (exact) mass is 246 g/mol. The number of guanidine groups is 1. The first-order valence-corrected chi connectivity index (χ1v) is 5.19. The van der Waals surface area contributed by atoms with E-state index in [1.165, 1.54) is 5.57 Å². The summed E-state index contributed by atoms with van der Waals surface area (Å²) in [5, 5.41) is 7.45. The first-order chi connectivity index (χ1) is 6.93. The van der Waals surface area contributed by atoms with E-state index >= 15 is 0 Å². The van der Waals surface area contributed by atoms with E-state index < -0.39 is 0 Å². The van der Waals surface area contributed by atoms with Crippen LogP contribution in [0.25, 0.3) is 0 Å². The van der Waals surface area contributed by atoms with Crippen LogP contribution in [0.3, 0.4) is 0 Å². The van der Waals surface area contributed by atoms with Gasteiger partial charge in [0.05, 0.1) is 0 Å². The largest absolute Gasteiger partial charge is 0.369 e. The van der Waals surface area contributed by atoms with Crippen molar-refractivity contribution in [1.82, 2.24) is 0 Å². The number of rotatable bonds is 5. The van der Waals surface area contributed by atoms with Crippen LogP contribution in [0, 0.1) is 11.8 Å². The van der Waals surface area contributed by atoms with Crippen LogP contribution in [0.15, 0.2) is 21.9 Å². The molecule has 1 unspecified atom stereocenters. The average molecular weight is 247 g/mol. The maximum atomic E-state index is 5.18. The Bertz CT molecular complexity index is 261. The SMILES string of the molecule is CC(C)=CCC(/C=N/N=C(N)N)C(C)C.Cl. The zero-order valence-corrected chi connectivity index (χ0v) is 11.3. The zero-order valence-electron chi connectivity index (χ0n) is 10.5. The maximum absolute atomic E-state index is 5.18. The van der Waals surface area contributed by atoms with Crippen molar-refractivity contribution in [3.05, 3.63) is 11.6 Å². The minimum Gasteiger partial charge on any atom is -0.369 e. The first kappa shape index (κ1) is 17.4. The van der Waals surface area contributed by atoms with Crippen molar-refractivity contribution in [2.24, 2.45) is 33.5 Å². The Morgan fingerprint density at radius 1 is 1.25 bits per heavy atom. The maximum Gasteiger partial charge on any atom is 0.211 e. The number of hydrogen-bond donors (Lipinski definition) is 2. The molecule has 0 fully saturated rings. The molecule has 0 heterocycles. The van der Waals surface area contributed by atoms with Gasteiger partial charge in [0, 0.05) is 12.1 Å². The zero-order chi connectivity index (χ0) is 11.8. The topological polar surface area (TPSA) is 76.8 Å². The number of hydrogen-bond acceptors (Lipinski definition) is 2. The van der Waals surface area contributed by atoms with Crippen LogP contribution >= 0.6 is 12.4 Å². The number of allylic oxidation sites excluding steroid dienone is 2. The molecule has 0 aromatic rings. The molecule has 0 aliphatic heterocycles. The van der Waals surface area contributed by atoms with Crippen LogP contribution in [0.4, 0.5) is 0 Å². The lowest BCUT2D eigenvalue weighted by Crippen LogP contribution is -2.22. The second kappa shape index (κ2) is 9.21. The lowest BCUT2D eigenvalue weighted by atomic mass is 9.93. The van der Waals surface area contributed by atoms with Gasteiger partial charge in [-0.05, 0) is 26.2 Å². The van der Waals surface area contributed by atoms with E-state index in [-0.39, 0.29) is 18.4 Å². The molecule has 0 amide bonds. The van der Waals surface area contributed by atoms with Gasteiger partial charge in [0.1, 0.15) is 0 Å². The Morgan fingerprint density at radius 2 is 1.81 bits per heavy atom. The Labute approximate surface area is 104 Å². The van der Waals surface area contributed by atoms with Crippen molar-refractivity contribution in [2.45, 2.75) is 34.1 Å². The molecule has 4 nitrogen and oxygen atoms in total. The molecule has 0 spiro atoms. The highest BCUT2D eigenvalue weighted by molar-refractivity contribution is 5.85. The summed E-state index contributed by atoms with van der Waals surface area (Å²) < 4.78 is 0. The minimum atomic E-state index is -0.00373. The van der Waals surface area contributed by atoms with Crippen LogP contribution in [-0.2, 0) is 0 Å². The number of halogens is 1. The summed E-state index contributed by atoms with van der Waals surface area (Å²) in [7, 11) is 0. The van der Waals surface area contributed by atoms with E-state index in [0.717, 1.165) is 6.42 Å². The van der Waals surface area contributed by atoms with Crippen LogP contribution in [0.2, 0.25) is 0 Å². The summed E-state index contributed by atoms with van der Waals surface area (Å²) in [6, 6.07) is 0. The molecule has 1 atom stereocenters. The van der Waals surface area contributed by atoms with E-state index in [9.17, 15) is 0 Å². The van der Waals surface area contributed by atoms with Gasteiger partial charge in [0.15, 0.2) is 0 Å². The molecule has 0 radical (unpaired) electrons. The Kier molecular flexibility index (Phi) is 10.0. The summed E-state index contributed by atoms with van der Waals surface area (Å²) in [6.45, 7) is 8.49. The van der Waals surface area contributed by atoms with E-state index in [2.05, 4.69) is 44.0 Å². The molecule has 4 N–H and O–H groups in total. The van der Waals surface area contributed by atoms with Crippen molar-refractivity contribution in [3.8, 4) is 0 Å². The van der Waals surface area contributed by atoms with Gasteiger partial charge in [-0.3, -0.25) is 0 Å². The van der Waals surface area contributed by atoms with E-state index in [1.807, 2.05) is 6.21 Å². The van der Waals surface area contributed by atoms with E-state index in [4.69, 9.17) is 11.5 Å². The molecule has 0 bridgehead atoms. The fourth-order valence-corrected chi connectivity index (χ4v) is 1.06. The third kappa shape index (κ3) is 9.52. The van der Waals surface area contributed by atoms with Gasteiger partial charge in [-0.15, -0.1) is 17.5 Å². The fraction of sp³-hybridized carbons (Fsp3) is 0.636. The molecule has 5 heteroatoms. The second-order valence-electron chi connectivity index (χ2n) is 4.21. The normalized spacial score (nSPS) is 12.1. The van der Waals surface area contributed by atoms with Crippen molar-refractivity contribution in [3.63, 3.8) is 0 Å². The van der Waals surface area contributed by atoms with Gasteiger partial charge in [-0.25, -0.2) is 0 Å². The Morgan fingerprint density at radius 3 is 2.19 bits per heavy atom. The van der Waals surface area contributed by atoms with E-state index in [1.54, 1.807) is 0 Å². The van der Waals surface area contributed by atoms with Crippen molar-refractivity contribution in [2.75, 3.05) is 0 Å². The average Bonchev–Trinajstić information content (AvgIpc) is 2.09. The van der Waals surface area contributed by atoms with Crippen molar-refractivity contribution >= 4 is 24.6 Å². The predicted molar refractivity (Wildman–Crippen MR) is 73.9 cm³/mol. The van der Waals surface area contributed by atoms with E-state index in [0.29, 0.717) is 11.8 Å². The lowest BCUT2D eigenvalue weighted by molar-refractivity contribution is 0.505. The van der Waals surface area contributed by atoms with Gasteiger partial charge in [0.2, 0.25) is 5.96 Å². The molecular formula is C11H23ClN4. The molecule has 0 aromatic carbocycles. The number of nitrogens with two attached hydrogens (primary N) is 2. The molecule has 0 aliphatic carbocycles. The highest BCUT2D eigenvalue weighted by Crippen LogP contribution is 2.14. The van der Waals surface area contributed by atoms with Gasteiger partial charge in [-0.2, -0.15) is 5.10 Å². The summed E-state index contributed by atoms with van der Waals surface area (Å²) in [6.07, 6.45) is 4.99. The second-order valence-corrected chi connectivity index (χ2v) is 4.21. The summed E-state index contributed by atoms with van der Waals surface area (Å²) in [5.41, 5.74) is 11.7. The van der Waals surface area contributed by atoms with Crippen molar-refractivity contribution in [1.29, 1.82) is 0 Å². The molecule has 0 aromatic heterocycles. The molecule has 0 saturated heterocycles. The molecule has 16 heavy (non-hydrogen) atoms. The standard InChI is InChI=1S/C11H22N4.ClH/c1-8(2)5-6-10(9(3)4)7-14-15-11(12)13;/h5,7,9-10H,6H2,1-4H3,(H4,12,13,15);1H/b14-7+;. The third-order valence-corrected chi connectivity index (χ3v) is 2.09. The molecule has 94 valence electrons. The molecule has 0 aliphatic rings. The summed E-state index contributed by atoms with van der Waals surface area (Å²) >= 11 is 0. The number of nitrogens with zero attached hydrogens (tertiary/aromatic N) is 2. The fourth-order valence-electron chi connectivity index (χ4n) is 1.06. The van der Waals surface area contributed by atoms with Gasteiger partial charge in [-0.1, -0.05) is 25.5 Å². The quantitative estimate of drug-likeness (QED) is 0.338. The lowest BCUT2D eigenvalue weighted by Gasteiger charge is -2.13. The third-order valence-electron chi connectivity index (χ3n) is 2.09. The Hall–Kier alpha value is -1.03. The first-order valence-electron chi connectivity index (χ1n) is 5.19. The highest BCUT2D eigenvalue weighted by atomic mass is 35.5. The molecular weight excluding hydrogens is 224 g/mol. The minimum absolute atomic E-state index is 0. The van der Waals surface area contributed by atoms with Crippen LogP contribution in [-0.4, -0.2) is 12.2 Å². The smallest absolute Gasteiger partial charge is 0.211 e. The molecule has 0 rings (SSSR count). The predicted octanol–water partition coefficient (Wildman–Crippen LogP) is 2.30. The van der Waals surface area contributed by atoms with Crippen LogP contribution in [0.5, 0.6) is 0 Å². The highest BCUT2D eigenvalue weighted by Gasteiger charge is 2.08. The van der Waals surface area contributed by atoms with Gasteiger partial charge < -0.3 is 11.5 Å². The van der Waals surface area contributed by atoms with Crippen LogP contribution < -0.4 is 11.5 Å². The van der Waals surface area contributed by atoms with Crippen LogP contribution in [0.1, 0.15) is 34.1 Å². The summed E-state index contributed by atoms with van der Waals surface area (Å²) in [5.74, 6) is 0.900. The van der Waals surface area contributed by atoms with Crippen molar-refractivity contribution < 1.29 is 0 Å². The Balaban J connectivity index is 0. The van der Waals surface area contributed by atoms with Gasteiger partial charge >= 0.3 is 0 Å². The molecule has 0 saturated carbocycles. The summed E-state index contributed by atoms with van der Waals surface area (Å²) in [4.78, 5) is 0.